The first-order valence-corrected chi connectivity index (χ1v) is 8.49. The number of carbonyl (C=O) groups excluding carboxylic acids is 1. The normalized spacial score (nSPS) is 19.8. The Hall–Kier alpha value is -1.79. The Morgan fingerprint density at radius 3 is 2.75 bits per heavy atom. The maximum absolute atomic E-state index is 9.04. The van der Waals surface area contributed by atoms with Crippen LogP contribution in [0.25, 0.3) is 0 Å². The van der Waals surface area contributed by atoms with Crippen LogP contribution in [0, 0.1) is 0 Å². The largest absolute Gasteiger partial charge is 0.539 e. The van der Waals surface area contributed by atoms with Crippen molar-refractivity contribution >= 4 is 23.5 Å². The number of quaternary nitrogens is 1. The van der Waals surface area contributed by atoms with Crippen LogP contribution in [0.1, 0.15) is 30.7 Å². The molecule has 2 rings (SSSR count). The molecule has 1 saturated heterocycles. The average Bonchev–Trinajstić information content (AvgIpc) is 2.60. The molecule has 0 amide bonds. The Kier molecular flexibility index (Phi) is 9.19. The Morgan fingerprint density at radius 2 is 2.17 bits per heavy atom. The molecular weight excluding hydrogens is 334 g/mol. The number of likely N-dealkylation sites (tertiary alicyclic amines) is 1. The second kappa shape index (κ2) is 10.9. The number of methoxy groups -OCH3 is 1. The van der Waals surface area contributed by atoms with Crippen molar-refractivity contribution in [2.24, 2.45) is 0 Å². The quantitative estimate of drug-likeness (QED) is 0.567. The number of alkyl halides is 1. The number of halogens is 1. The molecule has 1 aliphatic rings. The van der Waals surface area contributed by atoms with Gasteiger partial charge in [-0.1, -0.05) is 12.1 Å². The smallest absolute Gasteiger partial charge is 0.351 e. The highest BCUT2D eigenvalue weighted by atomic mass is 35.5. The summed E-state index contributed by atoms with van der Waals surface area (Å²) in [6.45, 7) is 3.76. The molecule has 24 heavy (non-hydrogen) atoms. The van der Waals surface area contributed by atoms with Crippen LogP contribution >= 0.6 is 11.6 Å². The molecule has 1 aliphatic heterocycles. The lowest BCUT2D eigenvalue weighted by Gasteiger charge is -2.30. The van der Waals surface area contributed by atoms with Crippen molar-refractivity contribution in [2.45, 2.75) is 25.2 Å². The number of piperidine rings is 1. The van der Waals surface area contributed by atoms with Crippen LogP contribution in [-0.2, 0) is 9.59 Å². The predicted molar refractivity (Wildman–Crippen MR) is 88.5 cm³/mol. The van der Waals surface area contributed by atoms with E-state index in [4.69, 9.17) is 36.1 Å². The molecule has 0 saturated carbocycles. The molecule has 7 heteroatoms. The third kappa shape index (κ3) is 7.19. The Bertz CT molecular complexity index is 525. The summed E-state index contributed by atoms with van der Waals surface area (Å²) in [6, 6.07) is 8.54. The molecule has 2 N–H and O–H groups in total. The minimum Gasteiger partial charge on any atom is -0.539 e. The molecule has 2 atom stereocenters. The number of aliphatic carboxylic acids is 2. The standard InChI is InChI=1S/C15H22ClNO.C2H2O4/c1-18-15-7-2-5-13(11-15)14-6-3-9-17(12-14)10-4-8-16;3-1(4)2(5)6/h2,5,7,11,14H,3-4,6,8-10,12H2,1H3;(H,3,4)(H,5,6). The topological polar surface area (TPSA) is 91.1 Å². The third-order valence-electron chi connectivity index (χ3n) is 4.02. The van der Waals surface area contributed by atoms with Gasteiger partial charge in [0.05, 0.1) is 26.7 Å². The number of carboxylic acid groups (broad SMARTS) is 2. The van der Waals surface area contributed by atoms with Crippen molar-refractivity contribution in [3.63, 3.8) is 0 Å². The van der Waals surface area contributed by atoms with E-state index in [1.807, 2.05) is 6.07 Å². The fourth-order valence-electron chi connectivity index (χ4n) is 2.87. The molecular formula is C17H24ClNO5. The van der Waals surface area contributed by atoms with Gasteiger partial charge in [-0.25, -0.2) is 4.79 Å². The van der Waals surface area contributed by atoms with Gasteiger partial charge in [0, 0.05) is 18.2 Å². The maximum Gasteiger partial charge on any atom is 0.351 e. The van der Waals surface area contributed by atoms with Gasteiger partial charge >= 0.3 is 5.97 Å². The highest BCUT2D eigenvalue weighted by Crippen LogP contribution is 2.24. The first-order chi connectivity index (χ1) is 11.5. The molecule has 0 aromatic heterocycles. The molecule has 134 valence electrons. The zero-order chi connectivity index (χ0) is 17.9. The summed E-state index contributed by atoms with van der Waals surface area (Å²) in [5.41, 5.74) is 1.43. The van der Waals surface area contributed by atoms with Gasteiger partial charge < -0.3 is 24.6 Å². The van der Waals surface area contributed by atoms with E-state index in [9.17, 15) is 0 Å². The molecule has 0 radical (unpaired) electrons. The monoisotopic (exact) mass is 357 g/mol. The fraction of sp³-hybridized carbons (Fsp3) is 0.529. The first kappa shape index (κ1) is 20.3. The number of hydrogen-bond acceptors (Lipinski definition) is 4. The third-order valence-corrected chi connectivity index (χ3v) is 4.29. The second-order valence-corrected chi connectivity index (χ2v) is 6.08. The van der Waals surface area contributed by atoms with Crippen molar-refractivity contribution in [1.29, 1.82) is 0 Å². The van der Waals surface area contributed by atoms with Gasteiger partial charge in [-0.05, 0) is 30.5 Å². The predicted octanol–water partition coefficient (Wildman–Crippen LogP) is -0.0927. The highest BCUT2D eigenvalue weighted by molar-refractivity contribution is 6.26. The second-order valence-electron chi connectivity index (χ2n) is 5.71. The van der Waals surface area contributed by atoms with Gasteiger partial charge in [-0.2, -0.15) is 0 Å². The minimum absolute atomic E-state index is 0.680. The Balaban J connectivity index is 0.000000413. The molecule has 1 aromatic carbocycles. The summed E-state index contributed by atoms with van der Waals surface area (Å²) in [5, 5.41) is 16.3. The molecule has 1 aromatic rings. The number of benzene rings is 1. The minimum atomic E-state index is -2.07. The average molecular weight is 358 g/mol. The van der Waals surface area contributed by atoms with Gasteiger partial charge in [0.2, 0.25) is 0 Å². The summed E-state index contributed by atoms with van der Waals surface area (Å²) < 4.78 is 5.31. The van der Waals surface area contributed by atoms with Crippen molar-refractivity contribution in [3.05, 3.63) is 29.8 Å². The van der Waals surface area contributed by atoms with E-state index < -0.39 is 11.9 Å². The van der Waals surface area contributed by atoms with Crippen molar-refractivity contribution in [3.8, 4) is 5.75 Å². The van der Waals surface area contributed by atoms with Gasteiger partial charge in [0.1, 0.15) is 5.75 Å². The summed E-state index contributed by atoms with van der Waals surface area (Å²) in [7, 11) is 1.73. The first-order valence-electron chi connectivity index (χ1n) is 7.95. The molecule has 0 aliphatic carbocycles. The number of carbonyl (C=O) groups is 2. The summed E-state index contributed by atoms with van der Waals surface area (Å²) in [5.74, 6) is -1.57. The number of nitrogens with one attached hydrogen (secondary N) is 1. The number of carboxylic acids is 2. The van der Waals surface area contributed by atoms with E-state index >= 15 is 0 Å². The zero-order valence-electron chi connectivity index (χ0n) is 13.8. The van der Waals surface area contributed by atoms with Crippen LogP contribution < -0.4 is 14.7 Å². The molecule has 6 nitrogen and oxygen atoms in total. The zero-order valence-corrected chi connectivity index (χ0v) is 14.6. The van der Waals surface area contributed by atoms with Crippen LogP contribution in [0.15, 0.2) is 24.3 Å². The number of ether oxygens (including phenoxy) is 1. The van der Waals surface area contributed by atoms with Crippen LogP contribution in [0.4, 0.5) is 0 Å². The van der Waals surface area contributed by atoms with Crippen LogP contribution in [0.3, 0.4) is 0 Å². The SMILES string of the molecule is COc1cccc(C2CCC[NH+](CCCCl)C2)c1.O=C([O-])C(=O)O. The summed E-state index contributed by atoms with van der Waals surface area (Å²) in [6.07, 6.45) is 3.75. The molecule has 0 bridgehead atoms. The molecule has 0 spiro atoms. The van der Waals surface area contributed by atoms with Gasteiger partial charge in [0.15, 0.2) is 5.97 Å². The fourth-order valence-corrected chi connectivity index (χ4v) is 3.01. The van der Waals surface area contributed by atoms with E-state index in [2.05, 4.69) is 18.2 Å². The lowest BCUT2D eigenvalue weighted by atomic mass is 9.90. The van der Waals surface area contributed by atoms with Crippen LogP contribution in [0.5, 0.6) is 5.75 Å². The number of rotatable bonds is 5. The maximum atomic E-state index is 9.04. The van der Waals surface area contributed by atoms with Gasteiger partial charge in [-0.15, -0.1) is 11.6 Å². The van der Waals surface area contributed by atoms with E-state index in [0.717, 1.165) is 18.1 Å². The van der Waals surface area contributed by atoms with Crippen molar-refractivity contribution in [1.82, 2.24) is 0 Å². The van der Waals surface area contributed by atoms with E-state index in [1.54, 1.807) is 12.0 Å². The Morgan fingerprint density at radius 1 is 1.46 bits per heavy atom. The molecule has 1 fully saturated rings. The van der Waals surface area contributed by atoms with Gasteiger partial charge in [-0.3, -0.25) is 0 Å². The molecule has 2 unspecified atom stereocenters. The summed E-state index contributed by atoms with van der Waals surface area (Å²) >= 11 is 5.78. The molecule has 1 heterocycles. The van der Waals surface area contributed by atoms with Crippen molar-refractivity contribution in [2.75, 3.05) is 32.6 Å². The summed E-state index contributed by atoms with van der Waals surface area (Å²) in [4.78, 5) is 19.7. The van der Waals surface area contributed by atoms with E-state index in [1.165, 1.54) is 38.0 Å². The lowest BCUT2D eigenvalue weighted by Crippen LogP contribution is -3.13. The van der Waals surface area contributed by atoms with E-state index in [-0.39, 0.29) is 0 Å². The highest BCUT2D eigenvalue weighted by Gasteiger charge is 2.24. The Labute approximate surface area is 147 Å². The van der Waals surface area contributed by atoms with Crippen molar-refractivity contribution < 1.29 is 29.4 Å². The van der Waals surface area contributed by atoms with Crippen LogP contribution in [0.2, 0.25) is 0 Å². The van der Waals surface area contributed by atoms with Gasteiger partial charge in [0.25, 0.3) is 0 Å². The number of hydrogen-bond donors (Lipinski definition) is 2. The van der Waals surface area contributed by atoms with Crippen LogP contribution in [-0.4, -0.2) is 49.7 Å². The van der Waals surface area contributed by atoms with E-state index in [0.29, 0.717) is 5.92 Å². The lowest BCUT2D eigenvalue weighted by molar-refractivity contribution is -0.906.